The van der Waals surface area contributed by atoms with Crippen molar-refractivity contribution in [3.05, 3.63) is 111 Å². The number of carbonyl (C=O) groups excluding carboxylic acids is 4. The van der Waals surface area contributed by atoms with Gasteiger partial charge in [0.2, 0.25) is 23.1 Å². The molecule has 42 heavy (non-hydrogen) atoms. The van der Waals surface area contributed by atoms with Gasteiger partial charge in [-0.25, -0.2) is 0 Å². The number of halogens is 2. The van der Waals surface area contributed by atoms with Crippen LogP contribution in [0.2, 0.25) is 10.0 Å². The quantitative estimate of drug-likeness (QED) is 0.206. The van der Waals surface area contributed by atoms with E-state index in [2.05, 4.69) is 5.32 Å². The summed E-state index contributed by atoms with van der Waals surface area (Å²) < 4.78 is 6.26. The predicted octanol–water partition coefficient (Wildman–Crippen LogP) is 6.19. The van der Waals surface area contributed by atoms with Gasteiger partial charge in [-0.2, -0.15) is 0 Å². The van der Waals surface area contributed by atoms with Crippen molar-refractivity contribution < 1.29 is 33.8 Å². The van der Waals surface area contributed by atoms with E-state index < -0.39 is 47.0 Å². The number of amides is 1. The van der Waals surface area contributed by atoms with E-state index >= 15 is 0 Å². The summed E-state index contributed by atoms with van der Waals surface area (Å²) in [6.45, 7) is 1.40. The third-order valence-corrected chi connectivity index (χ3v) is 8.65. The van der Waals surface area contributed by atoms with Crippen LogP contribution >= 0.6 is 23.2 Å². The fourth-order valence-corrected chi connectivity index (χ4v) is 6.26. The lowest BCUT2D eigenvalue weighted by Gasteiger charge is -2.25. The van der Waals surface area contributed by atoms with Crippen LogP contribution in [-0.2, 0) is 14.3 Å². The highest BCUT2D eigenvalue weighted by molar-refractivity contribution is 6.42. The number of rotatable bonds is 5. The van der Waals surface area contributed by atoms with E-state index in [-0.39, 0.29) is 38.2 Å². The molecule has 4 aromatic carbocycles. The first-order valence-electron chi connectivity index (χ1n) is 12.9. The molecule has 0 saturated carbocycles. The molecule has 8 nitrogen and oxygen atoms in total. The zero-order valence-corrected chi connectivity index (χ0v) is 23.4. The van der Waals surface area contributed by atoms with Crippen LogP contribution in [0.3, 0.4) is 0 Å². The Morgan fingerprint density at radius 1 is 0.881 bits per heavy atom. The summed E-state index contributed by atoms with van der Waals surface area (Å²) >= 11 is 12.4. The van der Waals surface area contributed by atoms with E-state index in [4.69, 9.17) is 27.9 Å². The monoisotopic (exact) mass is 601 g/mol. The second kappa shape index (κ2) is 10.2. The Balaban J connectivity index is 1.50. The van der Waals surface area contributed by atoms with Crippen LogP contribution in [0.15, 0.2) is 78.9 Å². The number of aliphatic carboxylic acids is 1. The number of anilines is 1. The van der Waals surface area contributed by atoms with Gasteiger partial charge in [-0.05, 0) is 65.7 Å². The zero-order chi connectivity index (χ0) is 29.9. The normalized spacial score (nSPS) is 22.9. The third-order valence-electron chi connectivity index (χ3n) is 7.91. The summed E-state index contributed by atoms with van der Waals surface area (Å²) in [5.74, 6) is -7.60. The van der Waals surface area contributed by atoms with Gasteiger partial charge >= 0.3 is 5.97 Å². The second-order valence-corrected chi connectivity index (χ2v) is 11.1. The van der Waals surface area contributed by atoms with Crippen molar-refractivity contribution in [1.82, 2.24) is 0 Å². The van der Waals surface area contributed by atoms with Crippen molar-refractivity contribution in [3.8, 4) is 0 Å². The number of carbonyl (C=O) groups is 5. The minimum atomic E-state index is -2.50. The maximum Gasteiger partial charge on any atom is 0.311 e. The largest absolute Gasteiger partial charge is 0.481 e. The molecule has 1 saturated heterocycles. The first-order valence-corrected chi connectivity index (χ1v) is 13.7. The average Bonchev–Trinajstić information content (AvgIpc) is 3.44. The van der Waals surface area contributed by atoms with Gasteiger partial charge < -0.3 is 15.2 Å². The number of carboxylic acid groups (broad SMARTS) is 1. The number of hydrogen-bond acceptors (Lipinski definition) is 6. The number of hydrogen-bond donors (Lipinski definition) is 2. The number of nitrogens with one attached hydrogen (secondary N) is 1. The van der Waals surface area contributed by atoms with Gasteiger partial charge in [0.05, 0.1) is 22.1 Å². The molecular weight excluding hydrogens is 581 g/mol. The molecule has 1 fully saturated rings. The van der Waals surface area contributed by atoms with Crippen LogP contribution in [0.25, 0.3) is 10.8 Å². The molecule has 0 bridgehead atoms. The third kappa shape index (κ3) is 4.14. The van der Waals surface area contributed by atoms with Crippen LogP contribution in [-0.4, -0.2) is 39.9 Å². The Hall–Kier alpha value is -4.37. The lowest BCUT2D eigenvalue weighted by atomic mass is 9.75. The molecule has 4 unspecified atom stereocenters. The topological polar surface area (TPSA) is 127 Å². The Kier molecular flexibility index (Phi) is 6.73. The van der Waals surface area contributed by atoms with E-state index in [1.165, 1.54) is 55.5 Å². The maximum absolute atomic E-state index is 14.3. The number of ether oxygens (including phenoxy) is 1. The SMILES string of the molecule is CC(=O)c1ccc(NC(=O)C2C(c3ccc(Cl)c(Cl)c3)OC3(C(=O)c4ccc5ccccc5c4C3=O)C2C(=O)O)cc1. The molecule has 6 rings (SSSR count). The summed E-state index contributed by atoms with van der Waals surface area (Å²) in [5, 5.41) is 14.7. The summed E-state index contributed by atoms with van der Waals surface area (Å²) in [7, 11) is 0. The van der Waals surface area contributed by atoms with E-state index in [1.54, 1.807) is 30.3 Å². The van der Waals surface area contributed by atoms with Crippen molar-refractivity contribution in [2.45, 2.75) is 18.6 Å². The molecule has 1 aliphatic heterocycles. The highest BCUT2D eigenvalue weighted by Crippen LogP contribution is 2.55. The molecule has 10 heteroatoms. The van der Waals surface area contributed by atoms with Gasteiger partial charge in [-0.3, -0.25) is 24.0 Å². The van der Waals surface area contributed by atoms with E-state index in [0.29, 0.717) is 16.3 Å². The van der Waals surface area contributed by atoms with Crippen molar-refractivity contribution in [2.75, 3.05) is 5.32 Å². The van der Waals surface area contributed by atoms with Crippen molar-refractivity contribution >= 4 is 68.9 Å². The van der Waals surface area contributed by atoms with Gasteiger partial charge in [0.15, 0.2) is 5.78 Å². The van der Waals surface area contributed by atoms with Gasteiger partial charge in [-0.15, -0.1) is 0 Å². The van der Waals surface area contributed by atoms with Gasteiger partial charge in [0, 0.05) is 22.4 Å². The fourth-order valence-electron chi connectivity index (χ4n) is 5.95. The molecule has 2 N–H and O–H groups in total. The average molecular weight is 602 g/mol. The molecule has 4 atom stereocenters. The Morgan fingerprint density at radius 2 is 1.60 bits per heavy atom. The molecule has 0 aromatic heterocycles. The van der Waals surface area contributed by atoms with Crippen LogP contribution in [0.5, 0.6) is 0 Å². The minimum absolute atomic E-state index is 0.0266. The number of Topliss-reactive ketones (excluding diaryl/α,β-unsaturated/α-hetero) is 3. The van der Waals surface area contributed by atoms with E-state index in [0.717, 1.165) is 0 Å². The van der Waals surface area contributed by atoms with Gasteiger partial charge in [0.1, 0.15) is 5.92 Å². The van der Waals surface area contributed by atoms with Crippen molar-refractivity contribution in [1.29, 1.82) is 0 Å². The van der Waals surface area contributed by atoms with Gasteiger partial charge in [-0.1, -0.05) is 59.6 Å². The molecule has 1 spiro atoms. The van der Waals surface area contributed by atoms with Crippen LogP contribution in [0.1, 0.15) is 49.7 Å². The van der Waals surface area contributed by atoms with Crippen LogP contribution < -0.4 is 5.32 Å². The number of carboxylic acids is 1. The molecule has 1 aliphatic carbocycles. The molecule has 4 aromatic rings. The second-order valence-electron chi connectivity index (χ2n) is 10.3. The molecule has 1 amide bonds. The molecule has 1 heterocycles. The number of ketones is 3. The standard InChI is InChI=1S/C32H21Cl2NO7/c1-15(36)16-6-10-19(11-7-16)35-30(39)25-26(31(40)41)32(42-27(25)18-9-13-22(33)23(34)14-18)28(37)21-12-8-17-4-2-3-5-20(17)24(21)29(32)38/h2-14,25-27H,1H3,(H,35,39)(H,40,41). The maximum atomic E-state index is 14.3. The highest BCUT2D eigenvalue weighted by Gasteiger charge is 2.71. The van der Waals surface area contributed by atoms with Crippen LogP contribution in [0, 0.1) is 11.8 Å². The first kappa shape index (κ1) is 27.8. The summed E-state index contributed by atoms with van der Waals surface area (Å²) in [6.07, 6.45) is -1.36. The fraction of sp³-hybridized carbons (Fsp3) is 0.156. The number of fused-ring (bicyclic) bond motifs is 3. The lowest BCUT2D eigenvalue weighted by Crippen LogP contribution is -2.52. The van der Waals surface area contributed by atoms with Gasteiger partial charge in [0.25, 0.3) is 0 Å². The summed E-state index contributed by atoms with van der Waals surface area (Å²) in [5.41, 5.74) is -1.46. The summed E-state index contributed by atoms with van der Waals surface area (Å²) in [4.78, 5) is 67.0. The molecule has 2 aliphatic rings. The van der Waals surface area contributed by atoms with E-state index in [9.17, 15) is 29.1 Å². The van der Waals surface area contributed by atoms with E-state index in [1.807, 2.05) is 0 Å². The zero-order valence-electron chi connectivity index (χ0n) is 21.9. The Bertz CT molecular complexity index is 1850. The smallest absolute Gasteiger partial charge is 0.311 e. The predicted molar refractivity (Wildman–Crippen MR) is 155 cm³/mol. The highest BCUT2D eigenvalue weighted by atomic mass is 35.5. The van der Waals surface area contributed by atoms with Crippen molar-refractivity contribution in [3.63, 3.8) is 0 Å². The molecular formula is C32H21Cl2NO7. The first-order chi connectivity index (χ1) is 20.0. The number of benzene rings is 4. The lowest BCUT2D eigenvalue weighted by molar-refractivity contribution is -0.147. The minimum Gasteiger partial charge on any atom is -0.481 e. The molecule has 0 radical (unpaired) electrons. The molecule has 210 valence electrons. The summed E-state index contributed by atoms with van der Waals surface area (Å²) in [6, 6.07) is 20.5. The Labute approximate surface area is 249 Å². The van der Waals surface area contributed by atoms with Crippen molar-refractivity contribution in [2.24, 2.45) is 11.8 Å². The van der Waals surface area contributed by atoms with Crippen LogP contribution in [0.4, 0.5) is 5.69 Å². The Morgan fingerprint density at radius 3 is 2.26 bits per heavy atom.